The predicted molar refractivity (Wildman–Crippen MR) is 101 cm³/mol. The second kappa shape index (κ2) is 8.22. The van der Waals surface area contributed by atoms with Crippen LogP contribution in [0.15, 0.2) is 54.2 Å². The van der Waals surface area contributed by atoms with E-state index >= 15 is 0 Å². The fourth-order valence-electron chi connectivity index (χ4n) is 2.80. The molecule has 0 atom stereocenters. The molecule has 0 bridgehead atoms. The highest BCUT2D eigenvalue weighted by molar-refractivity contribution is 5.66. The van der Waals surface area contributed by atoms with Crippen LogP contribution in [-0.2, 0) is 0 Å². The van der Waals surface area contributed by atoms with Crippen molar-refractivity contribution >= 4 is 11.5 Å². The highest BCUT2D eigenvalue weighted by Gasteiger charge is 2.16. The SMILES string of the molecule is COc1cccc(C#CC=C2CCN(c3ncccc3N[O-])CC2)c1. The molecule has 3 rings (SSSR count). The number of methoxy groups -OCH3 is 1. The number of nitrogens with one attached hydrogen (secondary N) is 1. The maximum absolute atomic E-state index is 11.0. The predicted octanol–water partition coefficient (Wildman–Crippen LogP) is 3.58. The Morgan fingerprint density at radius 1 is 1.24 bits per heavy atom. The summed E-state index contributed by atoms with van der Waals surface area (Å²) < 4.78 is 5.20. The van der Waals surface area contributed by atoms with E-state index in [1.807, 2.05) is 35.8 Å². The minimum Gasteiger partial charge on any atom is -0.761 e. The number of allylic oxidation sites excluding steroid dienone is 1. The average molecular weight is 334 g/mol. The Bertz CT molecular complexity index is 811. The number of aromatic nitrogens is 1. The summed E-state index contributed by atoms with van der Waals surface area (Å²) >= 11 is 0. The Kier molecular flexibility index (Phi) is 5.55. The second-order valence-corrected chi connectivity index (χ2v) is 5.77. The Hall–Kier alpha value is -2.97. The lowest BCUT2D eigenvalue weighted by atomic mass is 10.0. The van der Waals surface area contributed by atoms with Crippen molar-refractivity contribution in [2.24, 2.45) is 0 Å². The van der Waals surface area contributed by atoms with Crippen molar-refractivity contribution in [3.8, 4) is 17.6 Å². The summed E-state index contributed by atoms with van der Waals surface area (Å²) in [6.45, 7) is 1.66. The number of ether oxygens (including phenoxy) is 1. The van der Waals surface area contributed by atoms with Crippen molar-refractivity contribution in [1.29, 1.82) is 0 Å². The molecule has 1 saturated heterocycles. The minimum absolute atomic E-state index is 0.521. The van der Waals surface area contributed by atoms with E-state index in [0.717, 1.165) is 43.1 Å². The first kappa shape index (κ1) is 16.9. The molecule has 0 amide bonds. The van der Waals surface area contributed by atoms with Gasteiger partial charge in [0.2, 0.25) is 0 Å². The summed E-state index contributed by atoms with van der Waals surface area (Å²) in [5.41, 5.74) is 4.74. The van der Waals surface area contributed by atoms with E-state index in [2.05, 4.69) is 21.7 Å². The molecule has 0 saturated carbocycles. The summed E-state index contributed by atoms with van der Waals surface area (Å²) in [5, 5.41) is 11.0. The molecule has 1 aliphatic heterocycles. The van der Waals surface area contributed by atoms with E-state index in [9.17, 15) is 5.21 Å². The van der Waals surface area contributed by atoms with Gasteiger partial charge in [0.25, 0.3) is 0 Å². The van der Waals surface area contributed by atoms with Gasteiger partial charge in [-0.15, -0.1) is 0 Å². The summed E-state index contributed by atoms with van der Waals surface area (Å²) in [7, 11) is 1.65. The van der Waals surface area contributed by atoms with E-state index in [0.29, 0.717) is 5.69 Å². The number of rotatable bonds is 3. The Morgan fingerprint density at radius 2 is 2.08 bits per heavy atom. The van der Waals surface area contributed by atoms with Gasteiger partial charge in [-0.1, -0.05) is 23.5 Å². The standard InChI is InChI=1S/C20H20N3O2/c1-25-18-8-3-7-17(15-18)6-2-5-16-10-13-23(14-11-16)20-19(22-24)9-4-12-21-20/h3-5,7-9,12,15,22H,10-11,13-14H2,1H3/q-1. The summed E-state index contributed by atoms with van der Waals surface area (Å²) in [5.74, 6) is 7.81. The molecule has 2 heterocycles. The second-order valence-electron chi connectivity index (χ2n) is 5.77. The molecule has 0 radical (unpaired) electrons. The van der Waals surface area contributed by atoms with Gasteiger partial charge in [0.15, 0.2) is 5.82 Å². The Labute approximate surface area is 147 Å². The summed E-state index contributed by atoms with van der Waals surface area (Å²) in [6, 6.07) is 11.2. The summed E-state index contributed by atoms with van der Waals surface area (Å²) in [4.78, 5) is 6.45. The first-order valence-electron chi connectivity index (χ1n) is 8.22. The zero-order valence-electron chi connectivity index (χ0n) is 14.2. The van der Waals surface area contributed by atoms with Crippen LogP contribution in [0, 0.1) is 17.0 Å². The Balaban J connectivity index is 1.62. The first-order valence-corrected chi connectivity index (χ1v) is 8.22. The van der Waals surface area contributed by atoms with E-state index in [4.69, 9.17) is 4.74 Å². The zero-order chi connectivity index (χ0) is 17.5. The maximum Gasteiger partial charge on any atom is 0.151 e. The number of pyridine rings is 1. The quantitative estimate of drug-likeness (QED) is 0.687. The van der Waals surface area contributed by atoms with Gasteiger partial charge >= 0.3 is 0 Å². The lowest BCUT2D eigenvalue weighted by Crippen LogP contribution is -2.31. The molecule has 2 aromatic rings. The largest absolute Gasteiger partial charge is 0.761 e. The van der Waals surface area contributed by atoms with Crippen molar-refractivity contribution < 1.29 is 4.74 Å². The Morgan fingerprint density at radius 3 is 2.84 bits per heavy atom. The van der Waals surface area contributed by atoms with Crippen LogP contribution in [-0.4, -0.2) is 25.2 Å². The fourth-order valence-corrected chi connectivity index (χ4v) is 2.80. The molecule has 5 nitrogen and oxygen atoms in total. The number of hydrogen-bond donors (Lipinski definition) is 1. The minimum atomic E-state index is 0.521. The van der Waals surface area contributed by atoms with Crippen molar-refractivity contribution in [3.05, 3.63) is 65.0 Å². The van der Waals surface area contributed by atoms with Crippen LogP contribution >= 0.6 is 0 Å². The topological polar surface area (TPSA) is 60.5 Å². The molecule has 1 aromatic carbocycles. The number of piperidine rings is 1. The van der Waals surface area contributed by atoms with E-state index in [1.165, 1.54) is 5.57 Å². The molecule has 1 fully saturated rings. The van der Waals surface area contributed by atoms with Gasteiger partial charge in [0.1, 0.15) is 5.75 Å². The highest BCUT2D eigenvalue weighted by Crippen LogP contribution is 2.27. The van der Waals surface area contributed by atoms with Gasteiger partial charge in [0, 0.05) is 24.8 Å². The fraction of sp³-hybridized carbons (Fsp3) is 0.250. The van der Waals surface area contributed by atoms with Gasteiger partial charge in [-0.25, -0.2) is 4.98 Å². The molecule has 1 aromatic heterocycles. The van der Waals surface area contributed by atoms with Gasteiger partial charge < -0.3 is 20.3 Å². The smallest absolute Gasteiger partial charge is 0.151 e. The average Bonchev–Trinajstić information content (AvgIpc) is 2.68. The van der Waals surface area contributed by atoms with Gasteiger partial charge in [-0.05, 0) is 49.2 Å². The number of nitrogens with zero attached hydrogens (tertiary/aromatic N) is 2. The van der Waals surface area contributed by atoms with E-state index < -0.39 is 0 Å². The molecule has 25 heavy (non-hydrogen) atoms. The monoisotopic (exact) mass is 334 g/mol. The van der Waals surface area contributed by atoms with Crippen molar-refractivity contribution in [2.45, 2.75) is 12.8 Å². The van der Waals surface area contributed by atoms with Crippen LogP contribution in [0.3, 0.4) is 0 Å². The molecule has 0 unspecified atom stereocenters. The normalized spacial score (nSPS) is 13.7. The number of benzene rings is 1. The van der Waals surface area contributed by atoms with Crippen molar-refractivity contribution in [2.75, 3.05) is 30.6 Å². The van der Waals surface area contributed by atoms with Crippen molar-refractivity contribution in [1.82, 2.24) is 4.98 Å². The van der Waals surface area contributed by atoms with Crippen LogP contribution in [0.1, 0.15) is 18.4 Å². The molecule has 1 N–H and O–H groups in total. The molecule has 5 heteroatoms. The molecule has 1 aliphatic rings. The third kappa shape index (κ3) is 4.31. The third-order valence-corrected chi connectivity index (χ3v) is 4.16. The van der Waals surface area contributed by atoms with Crippen LogP contribution in [0.5, 0.6) is 5.75 Å². The van der Waals surface area contributed by atoms with Gasteiger partial charge in [0.05, 0.1) is 12.8 Å². The third-order valence-electron chi connectivity index (χ3n) is 4.16. The molecular weight excluding hydrogens is 314 g/mol. The zero-order valence-corrected chi connectivity index (χ0v) is 14.2. The number of anilines is 2. The maximum atomic E-state index is 11.0. The van der Waals surface area contributed by atoms with E-state index in [-0.39, 0.29) is 0 Å². The van der Waals surface area contributed by atoms with Crippen molar-refractivity contribution in [3.63, 3.8) is 0 Å². The first-order chi connectivity index (χ1) is 12.3. The van der Waals surface area contributed by atoms with Crippen LogP contribution < -0.4 is 15.1 Å². The van der Waals surface area contributed by atoms with E-state index in [1.54, 1.807) is 25.4 Å². The lowest BCUT2D eigenvalue weighted by molar-refractivity contribution is 0.414. The van der Waals surface area contributed by atoms with Crippen LogP contribution in [0.2, 0.25) is 0 Å². The molecule has 0 spiro atoms. The molecular formula is C20H20N3O2-. The van der Waals surface area contributed by atoms with Crippen LogP contribution in [0.4, 0.5) is 11.5 Å². The molecule has 0 aliphatic carbocycles. The highest BCUT2D eigenvalue weighted by atomic mass is 16.5. The summed E-state index contributed by atoms with van der Waals surface area (Å²) in [6.07, 6.45) is 5.55. The lowest BCUT2D eigenvalue weighted by Gasteiger charge is -2.31. The number of hydrogen-bond acceptors (Lipinski definition) is 5. The van der Waals surface area contributed by atoms with Gasteiger partial charge in [-0.2, -0.15) is 0 Å². The molecule has 128 valence electrons. The van der Waals surface area contributed by atoms with Gasteiger partial charge in [-0.3, -0.25) is 0 Å². The van der Waals surface area contributed by atoms with Crippen LogP contribution in [0.25, 0.3) is 0 Å².